The molecule has 0 aromatic heterocycles. The van der Waals surface area contributed by atoms with Crippen LogP contribution in [0.25, 0.3) is 10.8 Å². The number of hydrogen-bond acceptors (Lipinski definition) is 2. The summed E-state index contributed by atoms with van der Waals surface area (Å²) in [5, 5.41) is 2.47. The van der Waals surface area contributed by atoms with Crippen LogP contribution in [-0.2, 0) is 11.2 Å². The predicted molar refractivity (Wildman–Crippen MR) is 72.7 cm³/mol. The average Bonchev–Trinajstić information content (AvgIpc) is 2.43. The topological polar surface area (TPSA) is 29.5 Å². The summed E-state index contributed by atoms with van der Waals surface area (Å²) in [6, 6.07) is 14.7. The van der Waals surface area contributed by atoms with E-state index in [2.05, 4.69) is 35.1 Å². The zero-order chi connectivity index (χ0) is 13.0. The summed E-state index contributed by atoms with van der Waals surface area (Å²) in [7, 11) is 3.14. The van der Waals surface area contributed by atoms with Crippen LogP contribution in [0.4, 0.5) is 4.79 Å². The van der Waals surface area contributed by atoms with Gasteiger partial charge in [0.25, 0.3) is 0 Å². The van der Waals surface area contributed by atoms with Gasteiger partial charge in [0.05, 0.1) is 7.11 Å². The second kappa shape index (κ2) is 5.54. The van der Waals surface area contributed by atoms with Gasteiger partial charge in [-0.25, -0.2) is 4.79 Å². The van der Waals surface area contributed by atoms with Crippen LogP contribution in [0.3, 0.4) is 0 Å². The summed E-state index contributed by atoms with van der Waals surface area (Å²) in [6.45, 7) is 0.658. The van der Waals surface area contributed by atoms with E-state index in [1.807, 2.05) is 12.1 Å². The zero-order valence-electron chi connectivity index (χ0n) is 10.7. The lowest BCUT2D eigenvalue weighted by Gasteiger charge is -2.15. The summed E-state index contributed by atoms with van der Waals surface area (Å²) < 4.78 is 4.66. The molecule has 0 heterocycles. The minimum atomic E-state index is -0.296. The van der Waals surface area contributed by atoms with Gasteiger partial charge in [-0.2, -0.15) is 0 Å². The van der Waals surface area contributed by atoms with Crippen molar-refractivity contribution in [2.75, 3.05) is 20.7 Å². The number of nitrogens with zero attached hydrogens (tertiary/aromatic N) is 1. The molecule has 0 aliphatic carbocycles. The van der Waals surface area contributed by atoms with Crippen molar-refractivity contribution < 1.29 is 9.53 Å². The molecule has 1 amide bonds. The summed E-state index contributed by atoms with van der Waals surface area (Å²) in [5.74, 6) is 0. The fourth-order valence-corrected chi connectivity index (χ4v) is 1.94. The Labute approximate surface area is 107 Å². The van der Waals surface area contributed by atoms with Crippen LogP contribution in [0.1, 0.15) is 5.56 Å². The Balaban J connectivity index is 2.06. The van der Waals surface area contributed by atoms with Crippen molar-refractivity contribution in [3.63, 3.8) is 0 Å². The number of likely N-dealkylation sites (N-methyl/N-ethyl adjacent to an activating group) is 1. The largest absolute Gasteiger partial charge is 0.453 e. The molecule has 0 bridgehead atoms. The third-order valence-electron chi connectivity index (χ3n) is 3.04. The molecule has 2 aromatic rings. The monoisotopic (exact) mass is 243 g/mol. The van der Waals surface area contributed by atoms with Crippen molar-refractivity contribution in [1.82, 2.24) is 4.90 Å². The van der Waals surface area contributed by atoms with Gasteiger partial charge >= 0.3 is 6.09 Å². The van der Waals surface area contributed by atoms with Crippen LogP contribution in [0.15, 0.2) is 42.5 Å². The van der Waals surface area contributed by atoms with E-state index in [0.29, 0.717) is 6.54 Å². The first-order chi connectivity index (χ1) is 8.70. The van der Waals surface area contributed by atoms with E-state index in [-0.39, 0.29) is 6.09 Å². The minimum Gasteiger partial charge on any atom is -0.453 e. The number of methoxy groups -OCH3 is 1. The Bertz CT molecular complexity index is 551. The molecule has 3 nitrogen and oxygen atoms in total. The van der Waals surface area contributed by atoms with Gasteiger partial charge in [-0.15, -0.1) is 0 Å². The molecule has 0 aliphatic heterocycles. The molecule has 18 heavy (non-hydrogen) atoms. The third kappa shape index (κ3) is 2.80. The van der Waals surface area contributed by atoms with Crippen molar-refractivity contribution in [2.45, 2.75) is 6.42 Å². The van der Waals surface area contributed by atoms with Gasteiger partial charge < -0.3 is 9.64 Å². The van der Waals surface area contributed by atoms with Gasteiger partial charge in [-0.3, -0.25) is 0 Å². The number of amides is 1. The van der Waals surface area contributed by atoms with E-state index < -0.39 is 0 Å². The minimum absolute atomic E-state index is 0.296. The molecular formula is C15H17NO2. The lowest BCUT2D eigenvalue weighted by Crippen LogP contribution is -2.28. The lowest BCUT2D eigenvalue weighted by molar-refractivity contribution is 0.134. The smallest absolute Gasteiger partial charge is 0.409 e. The summed E-state index contributed by atoms with van der Waals surface area (Å²) in [5.41, 5.74) is 1.23. The van der Waals surface area contributed by atoms with Crippen molar-refractivity contribution in [3.8, 4) is 0 Å². The van der Waals surface area contributed by atoms with E-state index in [0.717, 1.165) is 6.42 Å². The first-order valence-electron chi connectivity index (χ1n) is 5.97. The summed E-state index contributed by atoms with van der Waals surface area (Å²) in [4.78, 5) is 12.8. The summed E-state index contributed by atoms with van der Waals surface area (Å²) >= 11 is 0. The highest BCUT2D eigenvalue weighted by molar-refractivity contribution is 5.83. The third-order valence-corrected chi connectivity index (χ3v) is 3.04. The molecule has 0 saturated carbocycles. The Morgan fingerprint density at radius 2 is 1.89 bits per heavy atom. The highest BCUT2D eigenvalue weighted by Gasteiger charge is 2.07. The Morgan fingerprint density at radius 3 is 2.61 bits per heavy atom. The Kier molecular flexibility index (Phi) is 3.82. The molecule has 0 unspecified atom stereocenters. The van der Waals surface area contributed by atoms with Crippen molar-refractivity contribution >= 4 is 16.9 Å². The molecule has 0 aliphatic rings. The molecule has 0 saturated heterocycles. The van der Waals surface area contributed by atoms with E-state index in [4.69, 9.17) is 0 Å². The number of carbonyl (C=O) groups is 1. The highest BCUT2D eigenvalue weighted by atomic mass is 16.5. The maximum absolute atomic E-state index is 11.2. The Hall–Kier alpha value is -2.03. The normalized spacial score (nSPS) is 10.3. The molecule has 0 spiro atoms. The van der Waals surface area contributed by atoms with Crippen molar-refractivity contribution in [1.29, 1.82) is 0 Å². The van der Waals surface area contributed by atoms with Gasteiger partial charge in [-0.1, -0.05) is 42.5 Å². The number of carbonyl (C=O) groups excluding carboxylic acids is 1. The molecule has 94 valence electrons. The van der Waals surface area contributed by atoms with Gasteiger partial charge in [0.2, 0.25) is 0 Å². The van der Waals surface area contributed by atoms with Gasteiger partial charge in [0.15, 0.2) is 0 Å². The second-order valence-corrected chi connectivity index (χ2v) is 4.32. The van der Waals surface area contributed by atoms with Crippen LogP contribution in [0, 0.1) is 0 Å². The molecule has 0 atom stereocenters. The molecule has 0 radical (unpaired) electrons. The first kappa shape index (κ1) is 12.4. The zero-order valence-corrected chi connectivity index (χ0v) is 10.7. The quantitative estimate of drug-likeness (QED) is 0.829. The number of hydrogen-bond donors (Lipinski definition) is 0. The van der Waals surface area contributed by atoms with Crippen molar-refractivity contribution in [2.24, 2.45) is 0 Å². The standard InChI is InChI=1S/C15H17NO2/c1-16(15(17)18-2)10-9-12-7-8-13-5-3-4-6-14(13)11-12/h3-8,11H,9-10H2,1-2H3. The van der Waals surface area contributed by atoms with E-state index >= 15 is 0 Å². The highest BCUT2D eigenvalue weighted by Crippen LogP contribution is 2.16. The SMILES string of the molecule is COC(=O)N(C)CCc1ccc2ccccc2c1. The molecule has 0 N–H and O–H groups in total. The Morgan fingerprint density at radius 1 is 1.17 bits per heavy atom. The van der Waals surface area contributed by atoms with Crippen molar-refractivity contribution in [3.05, 3.63) is 48.0 Å². The van der Waals surface area contributed by atoms with Crippen LogP contribution < -0.4 is 0 Å². The van der Waals surface area contributed by atoms with Crippen LogP contribution >= 0.6 is 0 Å². The lowest BCUT2D eigenvalue weighted by atomic mass is 10.1. The van der Waals surface area contributed by atoms with Crippen LogP contribution in [-0.4, -0.2) is 31.7 Å². The van der Waals surface area contributed by atoms with E-state index in [1.165, 1.54) is 23.4 Å². The van der Waals surface area contributed by atoms with E-state index in [1.54, 1.807) is 11.9 Å². The number of benzene rings is 2. The maximum atomic E-state index is 11.2. The molecule has 2 aromatic carbocycles. The fraction of sp³-hybridized carbons (Fsp3) is 0.267. The fourth-order valence-electron chi connectivity index (χ4n) is 1.94. The number of ether oxygens (including phenoxy) is 1. The van der Waals surface area contributed by atoms with Crippen LogP contribution in [0.5, 0.6) is 0 Å². The molecule has 2 rings (SSSR count). The average molecular weight is 243 g/mol. The predicted octanol–water partition coefficient (Wildman–Crippen LogP) is 3.08. The van der Waals surface area contributed by atoms with Gasteiger partial charge in [-0.05, 0) is 22.8 Å². The number of rotatable bonds is 3. The maximum Gasteiger partial charge on any atom is 0.409 e. The first-order valence-corrected chi connectivity index (χ1v) is 5.97. The molecule has 0 fully saturated rings. The van der Waals surface area contributed by atoms with E-state index in [9.17, 15) is 4.79 Å². The number of fused-ring (bicyclic) bond motifs is 1. The van der Waals surface area contributed by atoms with Gasteiger partial charge in [0.1, 0.15) is 0 Å². The molecular weight excluding hydrogens is 226 g/mol. The molecule has 3 heteroatoms. The van der Waals surface area contributed by atoms with Gasteiger partial charge in [0, 0.05) is 13.6 Å². The van der Waals surface area contributed by atoms with Crippen LogP contribution in [0.2, 0.25) is 0 Å². The summed E-state index contributed by atoms with van der Waals surface area (Å²) in [6.07, 6.45) is 0.534. The second-order valence-electron chi connectivity index (χ2n) is 4.32.